The van der Waals surface area contributed by atoms with Crippen LogP contribution in [0.2, 0.25) is 0 Å². The number of hydrogen-bond acceptors (Lipinski definition) is 8. The summed E-state index contributed by atoms with van der Waals surface area (Å²) in [5, 5.41) is 28.6. The Morgan fingerprint density at radius 1 is 1.37 bits per heavy atom. The van der Waals surface area contributed by atoms with Crippen molar-refractivity contribution in [3.8, 4) is 11.8 Å². The molecule has 1 aromatic carbocycles. The molecular formula is C17H13F3N8O2. The number of benzene rings is 1. The molecule has 0 fully saturated rings. The molecule has 0 aliphatic carbocycles. The predicted molar refractivity (Wildman–Crippen MR) is 95.9 cm³/mol. The highest BCUT2D eigenvalue weighted by Gasteiger charge is 2.41. The molecule has 154 valence electrons. The monoisotopic (exact) mass is 418 g/mol. The molecule has 2 heterocycles. The number of aromatic amines is 1. The molecule has 0 unspecified atom stereocenters. The fourth-order valence-corrected chi connectivity index (χ4v) is 2.45. The molecule has 0 aliphatic heterocycles. The molecule has 0 saturated carbocycles. The molecule has 3 aromatic rings. The average molecular weight is 418 g/mol. The number of anilines is 1. The maximum absolute atomic E-state index is 13.6. The van der Waals surface area contributed by atoms with E-state index in [-0.39, 0.29) is 23.7 Å². The van der Waals surface area contributed by atoms with Crippen molar-refractivity contribution in [1.82, 2.24) is 30.4 Å². The van der Waals surface area contributed by atoms with Crippen molar-refractivity contribution >= 4 is 17.2 Å². The second-order valence-electron chi connectivity index (χ2n) is 5.63. The summed E-state index contributed by atoms with van der Waals surface area (Å²) >= 11 is 0. The van der Waals surface area contributed by atoms with Gasteiger partial charge >= 0.3 is 12.1 Å². The van der Waals surface area contributed by atoms with Gasteiger partial charge in [0, 0.05) is 11.9 Å². The van der Waals surface area contributed by atoms with Gasteiger partial charge in [-0.3, -0.25) is 0 Å². The number of alkyl halides is 3. The maximum atomic E-state index is 13.6. The molecular weight excluding hydrogens is 405 g/mol. The normalized spacial score (nSPS) is 11.8. The number of nitrogens with one attached hydrogen (secondary N) is 2. The van der Waals surface area contributed by atoms with Gasteiger partial charge in [0.15, 0.2) is 5.69 Å². The predicted octanol–water partition coefficient (Wildman–Crippen LogP) is 2.56. The number of carbonyl (C=O) groups is 1. The largest absolute Gasteiger partial charge is 0.462 e. The summed E-state index contributed by atoms with van der Waals surface area (Å²) < 4.78 is 45.9. The van der Waals surface area contributed by atoms with Gasteiger partial charge in [0.05, 0.1) is 18.5 Å². The van der Waals surface area contributed by atoms with Crippen LogP contribution in [-0.4, -0.2) is 43.0 Å². The van der Waals surface area contributed by atoms with Crippen LogP contribution < -0.4 is 5.32 Å². The number of halogens is 3. The molecule has 0 amide bonds. The first-order valence-electron chi connectivity index (χ1n) is 8.38. The van der Waals surface area contributed by atoms with Crippen LogP contribution in [0.5, 0.6) is 0 Å². The molecule has 2 N–H and O–H groups in total. The lowest BCUT2D eigenvalue weighted by Crippen LogP contribution is -2.18. The van der Waals surface area contributed by atoms with Gasteiger partial charge in [0.1, 0.15) is 17.2 Å². The van der Waals surface area contributed by atoms with Crippen molar-refractivity contribution in [2.24, 2.45) is 0 Å². The van der Waals surface area contributed by atoms with Crippen molar-refractivity contribution in [3.63, 3.8) is 0 Å². The molecule has 0 aliphatic rings. The van der Waals surface area contributed by atoms with Crippen LogP contribution in [0.1, 0.15) is 28.8 Å². The summed E-state index contributed by atoms with van der Waals surface area (Å²) in [7, 11) is 0. The summed E-state index contributed by atoms with van der Waals surface area (Å²) in [6, 6.07) is 7.58. The van der Waals surface area contributed by atoms with Gasteiger partial charge in [-0.05, 0) is 36.4 Å². The third-order valence-corrected chi connectivity index (χ3v) is 3.73. The van der Waals surface area contributed by atoms with Crippen LogP contribution in [0, 0.1) is 11.3 Å². The van der Waals surface area contributed by atoms with Crippen LogP contribution in [0.15, 0.2) is 36.7 Å². The van der Waals surface area contributed by atoms with E-state index in [1.54, 1.807) is 0 Å². The number of ether oxygens (including phenoxy) is 1. The van der Waals surface area contributed by atoms with E-state index >= 15 is 0 Å². The average Bonchev–Trinajstić information content (AvgIpc) is 3.39. The zero-order valence-electron chi connectivity index (χ0n) is 15.3. The summed E-state index contributed by atoms with van der Waals surface area (Å²) in [5.74, 6) is -1.02. The molecule has 3 rings (SSSR count). The summed E-state index contributed by atoms with van der Waals surface area (Å²) in [5.41, 5.74) is -1.26. The van der Waals surface area contributed by atoms with Crippen molar-refractivity contribution < 1.29 is 22.7 Å². The van der Waals surface area contributed by atoms with E-state index in [1.165, 1.54) is 37.4 Å². The topological polar surface area (TPSA) is 134 Å². The minimum absolute atomic E-state index is 0.0657. The Kier molecular flexibility index (Phi) is 5.77. The number of aromatic nitrogens is 6. The molecule has 0 bridgehead atoms. The first kappa shape index (κ1) is 20.5. The Labute approximate surface area is 167 Å². The van der Waals surface area contributed by atoms with Gasteiger partial charge in [0.25, 0.3) is 0 Å². The number of allylic oxidation sites excluding steroid dienone is 1. The van der Waals surface area contributed by atoms with Gasteiger partial charge in [0.2, 0.25) is 5.82 Å². The van der Waals surface area contributed by atoms with E-state index in [0.29, 0.717) is 10.4 Å². The van der Waals surface area contributed by atoms with Gasteiger partial charge in [-0.2, -0.15) is 28.7 Å². The second kappa shape index (κ2) is 8.43. The molecule has 0 radical (unpaired) electrons. The number of esters is 1. The SMILES string of the molecule is CCOC(=O)c1cnn(-c2ccc(NC=C(C#N)c3nn[nH]n3)cc2)c1C(F)(F)F. The van der Waals surface area contributed by atoms with E-state index in [1.807, 2.05) is 6.07 Å². The number of nitrogens with zero attached hydrogens (tertiary/aromatic N) is 6. The highest BCUT2D eigenvalue weighted by Crippen LogP contribution is 2.34. The minimum atomic E-state index is -4.83. The number of tetrazole rings is 1. The van der Waals surface area contributed by atoms with Crippen LogP contribution in [-0.2, 0) is 10.9 Å². The second-order valence-corrected chi connectivity index (χ2v) is 5.63. The maximum Gasteiger partial charge on any atom is 0.434 e. The quantitative estimate of drug-likeness (QED) is 0.461. The summed E-state index contributed by atoms with van der Waals surface area (Å²) in [4.78, 5) is 11.9. The fourth-order valence-electron chi connectivity index (χ4n) is 2.45. The third kappa shape index (κ3) is 4.27. The number of nitriles is 1. The van der Waals surface area contributed by atoms with Gasteiger partial charge in [-0.25, -0.2) is 9.48 Å². The fraction of sp³-hybridized carbons (Fsp3) is 0.176. The van der Waals surface area contributed by atoms with E-state index in [4.69, 9.17) is 5.26 Å². The lowest BCUT2D eigenvalue weighted by molar-refractivity contribution is -0.143. The highest BCUT2D eigenvalue weighted by molar-refractivity contribution is 5.90. The first-order chi connectivity index (χ1) is 14.3. The smallest absolute Gasteiger partial charge is 0.434 e. The van der Waals surface area contributed by atoms with E-state index in [2.05, 4.69) is 35.8 Å². The van der Waals surface area contributed by atoms with E-state index in [9.17, 15) is 18.0 Å². The first-order valence-corrected chi connectivity index (χ1v) is 8.38. The Morgan fingerprint density at radius 2 is 2.10 bits per heavy atom. The Balaban J connectivity index is 1.88. The molecule has 0 spiro atoms. The molecule has 0 atom stereocenters. The van der Waals surface area contributed by atoms with E-state index < -0.39 is 23.4 Å². The van der Waals surface area contributed by atoms with Gasteiger partial charge in [-0.1, -0.05) is 0 Å². The Morgan fingerprint density at radius 3 is 2.67 bits per heavy atom. The van der Waals surface area contributed by atoms with Crippen LogP contribution in [0.25, 0.3) is 11.3 Å². The lowest BCUT2D eigenvalue weighted by Gasteiger charge is -2.13. The number of H-pyrrole nitrogens is 1. The molecule has 30 heavy (non-hydrogen) atoms. The van der Waals surface area contributed by atoms with Gasteiger partial charge in [-0.15, -0.1) is 10.2 Å². The highest BCUT2D eigenvalue weighted by atomic mass is 19.4. The summed E-state index contributed by atoms with van der Waals surface area (Å²) in [6.45, 7) is 1.43. The van der Waals surface area contributed by atoms with Crippen LogP contribution in [0.4, 0.5) is 18.9 Å². The van der Waals surface area contributed by atoms with Crippen molar-refractivity contribution in [2.45, 2.75) is 13.1 Å². The molecule has 2 aromatic heterocycles. The number of carbonyl (C=O) groups excluding carboxylic acids is 1. The molecule has 13 heteroatoms. The van der Waals surface area contributed by atoms with Crippen molar-refractivity contribution in [1.29, 1.82) is 5.26 Å². The van der Waals surface area contributed by atoms with Crippen LogP contribution in [0.3, 0.4) is 0 Å². The Hall–Kier alpha value is -4.21. The Bertz CT molecular complexity index is 1100. The van der Waals surface area contributed by atoms with Crippen LogP contribution >= 0.6 is 0 Å². The zero-order chi connectivity index (χ0) is 21.7. The minimum Gasteiger partial charge on any atom is -0.462 e. The number of hydrogen-bond donors (Lipinski definition) is 2. The van der Waals surface area contributed by atoms with Gasteiger partial charge < -0.3 is 10.1 Å². The lowest BCUT2D eigenvalue weighted by atomic mass is 10.2. The third-order valence-electron chi connectivity index (χ3n) is 3.73. The van der Waals surface area contributed by atoms with Crippen molar-refractivity contribution in [3.05, 3.63) is 53.7 Å². The van der Waals surface area contributed by atoms with Crippen molar-refractivity contribution in [2.75, 3.05) is 11.9 Å². The molecule has 0 saturated heterocycles. The zero-order valence-corrected chi connectivity index (χ0v) is 15.3. The molecule has 10 nitrogen and oxygen atoms in total. The number of rotatable bonds is 6. The summed E-state index contributed by atoms with van der Waals surface area (Å²) in [6.07, 6.45) is -2.68. The standard InChI is InChI=1S/C17H13F3N8O2/c1-2-30-16(29)13-9-23-28(14(13)17(18,19)20)12-5-3-11(4-6-12)22-8-10(7-21)15-24-26-27-25-15/h3-6,8-9,22H,2H2,1H3,(H,24,25,26,27). The van der Waals surface area contributed by atoms with E-state index in [0.717, 1.165) is 6.20 Å².